The minimum absolute atomic E-state index is 0.0885. The van der Waals surface area contributed by atoms with Gasteiger partial charge in [-0.15, -0.1) is 0 Å². The summed E-state index contributed by atoms with van der Waals surface area (Å²) in [6, 6.07) is 0. The van der Waals surface area contributed by atoms with E-state index in [1.165, 1.54) is 0 Å². The minimum atomic E-state index is -0.708. The molecule has 0 radical (unpaired) electrons. The Morgan fingerprint density at radius 1 is 1.12 bits per heavy atom. The van der Waals surface area contributed by atoms with Crippen LogP contribution in [0.3, 0.4) is 0 Å². The lowest BCUT2D eigenvalue weighted by Crippen LogP contribution is -2.34. The molecule has 1 aliphatic carbocycles. The monoisotopic (exact) mass is 226 g/mol. The highest BCUT2D eigenvalue weighted by Crippen LogP contribution is 2.35. The second-order valence-corrected chi connectivity index (χ2v) is 5.49. The number of carboxylic acids is 1. The molecule has 0 amide bonds. The van der Waals surface area contributed by atoms with Gasteiger partial charge in [0, 0.05) is 11.3 Å². The van der Waals surface area contributed by atoms with Crippen molar-refractivity contribution in [3.63, 3.8) is 0 Å². The molecule has 1 rings (SSSR count). The summed E-state index contributed by atoms with van der Waals surface area (Å²) in [7, 11) is 0. The van der Waals surface area contributed by atoms with Crippen LogP contribution in [-0.2, 0) is 9.59 Å². The van der Waals surface area contributed by atoms with Gasteiger partial charge in [0.15, 0.2) is 0 Å². The predicted molar refractivity (Wildman–Crippen MR) is 62.2 cm³/mol. The van der Waals surface area contributed by atoms with E-state index in [2.05, 4.69) is 0 Å². The van der Waals surface area contributed by atoms with E-state index in [0.29, 0.717) is 18.6 Å². The van der Waals surface area contributed by atoms with Crippen LogP contribution in [0, 0.1) is 17.3 Å². The van der Waals surface area contributed by atoms with Gasteiger partial charge in [0.2, 0.25) is 0 Å². The van der Waals surface area contributed by atoms with E-state index >= 15 is 0 Å². The van der Waals surface area contributed by atoms with Crippen molar-refractivity contribution < 1.29 is 14.7 Å². The molecule has 0 aromatic rings. The lowest BCUT2D eigenvalue weighted by Gasteiger charge is -2.31. The second kappa shape index (κ2) is 4.98. The minimum Gasteiger partial charge on any atom is -0.481 e. The smallest absolute Gasteiger partial charge is 0.306 e. The molecule has 3 heteroatoms. The van der Waals surface area contributed by atoms with E-state index in [4.69, 9.17) is 5.11 Å². The molecular weight excluding hydrogens is 204 g/mol. The van der Waals surface area contributed by atoms with Crippen LogP contribution in [0.1, 0.15) is 52.9 Å². The number of carbonyl (C=O) groups excluding carboxylic acids is 1. The number of ketones is 1. The summed E-state index contributed by atoms with van der Waals surface area (Å²) in [5.41, 5.74) is -0.249. The molecule has 0 aliphatic heterocycles. The number of Topliss-reactive ketones (excluding diaryl/α,β-unsaturated/α-hetero) is 1. The maximum atomic E-state index is 12.2. The largest absolute Gasteiger partial charge is 0.481 e. The first-order valence-corrected chi connectivity index (χ1v) is 6.15. The number of carbonyl (C=O) groups is 2. The Morgan fingerprint density at radius 2 is 1.56 bits per heavy atom. The fraction of sp³-hybridized carbons (Fsp3) is 0.846. The van der Waals surface area contributed by atoms with Crippen LogP contribution in [0.2, 0.25) is 0 Å². The van der Waals surface area contributed by atoms with Crippen molar-refractivity contribution in [3.05, 3.63) is 0 Å². The molecule has 1 saturated carbocycles. The molecule has 1 N–H and O–H groups in total. The van der Waals surface area contributed by atoms with E-state index in [9.17, 15) is 9.59 Å². The van der Waals surface area contributed by atoms with Crippen LogP contribution in [-0.4, -0.2) is 16.9 Å². The van der Waals surface area contributed by atoms with Gasteiger partial charge in [0.1, 0.15) is 5.78 Å². The molecule has 0 bridgehead atoms. The summed E-state index contributed by atoms with van der Waals surface area (Å²) >= 11 is 0. The normalized spacial score (nSPS) is 26.4. The number of hydrogen-bond acceptors (Lipinski definition) is 2. The Balaban J connectivity index is 2.54. The van der Waals surface area contributed by atoms with Crippen LogP contribution >= 0.6 is 0 Å². The highest BCUT2D eigenvalue weighted by atomic mass is 16.4. The van der Waals surface area contributed by atoms with Crippen molar-refractivity contribution in [2.75, 3.05) is 0 Å². The molecule has 0 aromatic heterocycles. The van der Waals surface area contributed by atoms with Crippen molar-refractivity contribution in [2.24, 2.45) is 17.3 Å². The van der Waals surface area contributed by atoms with Crippen LogP contribution in [0.15, 0.2) is 0 Å². The third kappa shape index (κ3) is 2.83. The van der Waals surface area contributed by atoms with E-state index in [-0.39, 0.29) is 17.3 Å². The fourth-order valence-electron chi connectivity index (χ4n) is 2.33. The first-order valence-electron chi connectivity index (χ1n) is 6.15. The Labute approximate surface area is 97.2 Å². The molecule has 92 valence electrons. The quantitative estimate of drug-likeness (QED) is 0.802. The average molecular weight is 226 g/mol. The molecule has 0 atom stereocenters. The van der Waals surface area contributed by atoms with E-state index < -0.39 is 5.97 Å². The first kappa shape index (κ1) is 13.2. The summed E-state index contributed by atoms with van der Waals surface area (Å²) in [6.07, 6.45) is 3.67. The summed E-state index contributed by atoms with van der Waals surface area (Å²) in [5, 5.41) is 8.88. The molecule has 0 saturated heterocycles. The fourth-order valence-corrected chi connectivity index (χ4v) is 2.33. The van der Waals surface area contributed by atoms with Crippen LogP contribution in [0.5, 0.6) is 0 Å². The van der Waals surface area contributed by atoms with Crippen LogP contribution in [0.4, 0.5) is 0 Å². The summed E-state index contributed by atoms with van der Waals surface area (Å²) in [6.45, 7) is 6.00. The molecule has 3 nitrogen and oxygen atoms in total. The van der Waals surface area contributed by atoms with Crippen LogP contribution in [0.25, 0.3) is 0 Å². The molecule has 0 heterocycles. The van der Waals surface area contributed by atoms with Crippen LogP contribution < -0.4 is 0 Å². The zero-order valence-electron chi connectivity index (χ0n) is 10.5. The Kier molecular flexibility index (Phi) is 4.11. The zero-order chi connectivity index (χ0) is 12.3. The van der Waals surface area contributed by atoms with Gasteiger partial charge in [0.25, 0.3) is 0 Å². The van der Waals surface area contributed by atoms with Gasteiger partial charge in [-0.2, -0.15) is 0 Å². The summed E-state index contributed by atoms with van der Waals surface area (Å²) in [4.78, 5) is 23.0. The van der Waals surface area contributed by atoms with Gasteiger partial charge >= 0.3 is 5.97 Å². The van der Waals surface area contributed by atoms with Gasteiger partial charge < -0.3 is 5.11 Å². The van der Waals surface area contributed by atoms with Gasteiger partial charge in [0.05, 0.1) is 5.92 Å². The molecule has 16 heavy (non-hydrogen) atoms. The number of rotatable bonds is 4. The van der Waals surface area contributed by atoms with Gasteiger partial charge in [-0.3, -0.25) is 9.59 Å². The number of carboxylic acid groups (broad SMARTS) is 1. The Bertz CT molecular complexity index is 273. The third-order valence-corrected chi connectivity index (χ3v) is 4.00. The highest BCUT2D eigenvalue weighted by molar-refractivity contribution is 5.86. The van der Waals surface area contributed by atoms with Crippen molar-refractivity contribution in [3.8, 4) is 0 Å². The van der Waals surface area contributed by atoms with Crippen molar-refractivity contribution in [2.45, 2.75) is 52.9 Å². The Hall–Kier alpha value is -0.860. The van der Waals surface area contributed by atoms with Gasteiger partial charge in [-0.25, -0.2) is 0 Å². The summed E-state index contributed by atoms with van der Waals surface area (Å²) < 4.78 is 0. The molecule has 1 fully saturated rings. The van der Waals surface area contributed by atoms with Gasteiger partial charge in [-0.1, -0.05) is 20.8 Å². The third-order valence-electron chi connectivity index (χ3n) is 4.00. The number of hydrogen-bond donors (Lipinski definition) is 1. The maximum Gasteiger partial charge on any atom is 0.306 e. The molecule has 0 aromatic carbocycles. The standard InChI is InChI=1S/C13H22O3/c1-4-13(2,3)11(14)9-5-7-10(8-6-9)12(15)16/h9-10H,4-8H2,1-3H3,(H,15,16). The molecular formula is C13H22O3. The Morgan fingerprint density at radius 3 is 1.94 bits per heavy atom. The van der Waals surface area contributed by atoms with Crippen molar-refractivity contribution in [1.82, 2.24) is 0 Å². The van der Waals surface area contributed by atoms with E-state index in [0.717, 1.165) is 19.3 Å². The number of aliphatic carboxylic acids is 1. The summed E-state index contributed by atoms with van der Waals surface area (Å²) in [5.74, 6) is -0.529. The SMILES string of the molecule is CCC(C)(C)C(=O)C1CCC(C(=O)O)CC1. The van der Waals surface area contributed by atoms with E-state index in [1.807, 2.05) is 20.8 Å². The predicted octanol–water partition coefficient (Wildman–Crippen LogP) is 2.88. The van der Waals surface area contributed by atoms with Crippen molar-refractivity contribution >= 4 is 11.8 Å². The van der Waals surface area contributed by atoms with Gasteiger partial charge in [-0.05, 0) is 32.1 Å². The van der Waals surface area contributed by atoms with E-state index in [1.54, 1.807) is 0 Å². The zero-order valence-corrected chi connectivity index (χ0v) is 10.5. The second-order valence-electron chi connectivity index (χ2n) is 5.49. The topological polar surface area (TPSA) is 54.4 Å². The molecule has 0 spiro atoms. The molecule has 1 aliphatic rings. The average Bonchev–Trinajstić information content (AvgIpc) is 2.28. The highest BCUT2D eigenvalue weighted by Gasteiger charge is 2.35. The van der Waals surface area contributed by atoms with Crippen molar-refractivity contribution in [1.29, 1.82) is 0 Å². The lowest BCUT2D eigenvalue weighted by atomic mass is 9.72. The first-order chi connectivity index (χ1) is 7.38. The maximum absolute atomic E-state index is 12.2. The lowest BCUT2D eigenvalue weighted by molar-refractivity contribution is -0.144. The molecule has 0 unspecified atom stereocenters.